The molecule has 0 heterocycles. The Morgan fingerprint density at radius 2 is 1.66 bits per heavy atom. The van der Waals surface area contributed by atoms with Gasteiger partial charge in [-0.25, -0.2) is 13.1 Å². The lowest BCUT2D eigenvalue weighted by atomic mass is 9.96. The first kappa shape index (κ1) is 22.9. The van der Waals surface area contributed by atoms with Crippen LogP contribution in [0.5, 0.6) is 5.75 Å². The quantitative estimate of drug-likeness (QED) is 0.652. The zero-order chi connectivity index (χ0) is 21.6. The SMILES string of the molecule is CCCNS(=O)(=O)c1ccc(OCC(=O)NC(C)c2cc(C)c(C)cc2C)cc1. The number of carbonyl (C=O) groups is 1. The number of rotatable bonds is 9. The van der Waals surface area contributed by atoms with E-state index in [1.807, 2.05) is 20.8 Å². The molecule has 7 heteroatoms. The van der Waals surface area contributed by atoms with Crippen LogP contribution in [0, 0.1) is 20.8 Å². The summed E-state index contributed by atoms with van der Waals surface area (Å²) >= 11 is 0. The van der Waals surface area contributed by atoms with Gasteiger partial charge in [-0.05, 0) is 80.6 Å². The fourth-order valence-electron chi connectivity index (χ4n) is 2.99. The van der Waals surface area contributed by atoms with E-state index in [9.17, 15) is 13.2 Å². The van der Waals surface area contributed by atoms with Crippen LogP contribution in [-0.2, 0) is 14.8 Å². The normalized spacial score (nSPS) is 12.4. The summed E-state index contributed by atoms with van der Waals surface area (Å²) < 4.78 is 32.2. The molecule has 0 saturated heterocycles. The Morgan fingerprint density at radius 1 is 1.03 bits per heavy atom. The first-order valence-corrected chi connectivity index (χ1v) is 11.2. The summed E-state index contributed by atoms with van der Waals surface area (Å²) in [5.74, 6) is 0.195. The number of sulfonamides is 1. The molecule has 1 unspecified atom stereocenters. The largest absolute Gasteiger partial charge is 0.484 e. The number of amides is 1. The van der Waals surface area contributed by atoms with E-state index in [0.717, 1.165) is 17.5 Å². The number of hydrogen-bond donors (Lipinski definition) is 2. The van der Waals surface area contributed by atoms with Crippen molar-refractivity contribution in [1.29, 1.82) is 0 Å². The van der Waals surface area contributed by atoms with Gasteiger partial charge in [0, 0.05) is 6.54 Å². The minimum absolute atomic E-state index is 0.137. The van der Waals surface area contributed by atoms with Gasteiger partial charge in [0.1, 0.15) is 5.75 Å². The highest BCUT2D eigenvalue weighted by molar-refractivity contribution is 7.89. The fourth-order valence-corrected chi connectivity index (χ4v) is 4.13. The smallest absolute Gasteiger partial charge is 0.258 e. The molecule has 0 fully saturated rings. The molecule has 0 aliphatic carbocycles. The van der Waals surface area contributed by atoms with Gasteiger partial charge >= 0.3 is 0 Å². The molecule has 0 aromatic heterocycles. The van der Waals surface area contributed by atoms with Crippen molar-refractivity contribution in [2.75, 3.05) is 13.2 Å². The number of carbonyl (C=O) groups excluding carboxylic acids is 1. The highest BCUT2D eigenvalue weighted by atomic mass is 32.2. The van der Waals surface area contributed by atoms with Gasteiger partial charge in [-0.2, -0.15) is 0 Å². The molecule has 2 aromatic rings. The Kier molecular flexibility index (Phi) is 7.81. The maximum absolute atomic E-state index is 12.3. The molecule has 2 aromatic carbocycles. The van der Waals surface area contributed by atoms with Gasteiger partial charge in [0.25, 0.3) is 5.91 Å². The number of nitrogens with one attached hydrogen (secondary N) is 2. The van der Waals surface area contributed by atoms with Crippen LogP contribution in [0.3, 0.4) is 0 Å². The first-order valence-electron chi connectivity index (χ1n) is 9.73. The van der Waals surface area contributed by atoms with Gasteiger partial charge in [-0.1, -0.05) is 19.1 Å². The van der Waals surface area contributed by atoms with E-state index in [2.05, 4.69) is 36.0 Å². The summed E-state index contributed by atoms with van der Waals surface area (Å²) in [5.41, 5.74) is 4.63. The van der Waals surface area contributed by atoms with Crippen LogP contribution in [0.25, 0.3) is 0 Å². The molecule has 0 aliphatic heterocycles. The Labute approximate surface area is 173 Å². The zero-order valence-corrected chi connectivity index (χ0v) is 18.5. The first-order chi connectivity index (χ1) is 13.6. The van der Waals surface area contributed by atoms with E-state index in [1.54, 1.807) is 12.1 Å². The van der Waals surface area contributed by atoms with Gasteiger partial charge in [-0.3, -0.25) is 4.79 Å². The van der Waals surface area contributed by atoms with Crippen LogP contribution in [0.1, 0.15) is 48.6 Å². The van der Waals surface area contributed by atoms with Crippen molar-refractivity contribution in [3.8, 4) is 5.75 Å². The van der Waals surface area contributed by atoms with Crippen LogP contribution in [0.15, 0.2) is 41.3 Å². The van der Waals surface area contributed by atoms with Gasteiger partial charge in [0.05, 0.1) is 10.9 Å². The number of hydrogen-bond acceptors (Lipinski definition) is 4. The number of ether oxygens (including phenoxy) is 1. The summed E-state index contributed by atoms with van der Waals surface area (Å²) in [6, 6.07) is 10.1. The van der Waals surface area contributed by atoms with Crippen LogP contribution in [0.4, 0.5) is 0 Å². The Hall–Kier alpha value is -2.38. The third kappa shape index (κ3) is 6.30. The molecule has 1 atom stereocenters. The van der Waals surface area contributed by atoms with E-state index < -0.39 is 10.0 Å². The molecule has 6 nitrogen and oxygen atoms in total. The molecular weight excluding hydrogens is 388 g/mol. The van der Waals surface area contributed by atoms with Crippen molar-refractivity contribution in [2.24, 2.45) is 0 Å². The van der Waals surface area contributed by atoms with Crippen LogP contribution < -0.4 is 14.8 Å². The molecule has 2 rings (SSSR count). The lowest BCUT2D eigenvalue weighted by Crippen LogP contribution is -2.31. The highest BCUT2D eigenvalue weighted by Gasteiger charge is 2.15. The second kappa shape index (κ2) is 9.89. The summed E-state index contributed by atoms with van der Waals surface area (Å²) in [4.78, 5) is 12.4. The van der Waals surface area contributed by atoms with Crippen molar-refractivity contribution in [2.45, 2.75) is 52.0 Å². The Balaban J connectivity index is 1.93. The van der Waals surface area contributed by atoms with E-state index in [0.29, 0.717) is 12.3 Å². The maximum atomic E-state index is 12.3. The van der Waals surface area contributed by atoms with Gasteiger partial charge in [-0.15, -0.1) is 0 Å². The summed E-state index contributed by atoms with van der Waals surface area (Å²) in [5, 5.41) is 2.94. The lowest BCUT2D eigenvalue weighted by Gasteiger charge is -2.18. The molecule has 1 amide bonds. The monoisotopic (exact) mass is 418 g/mol. The topological polar surface area (TPSA) is 84.5 Å². The van der Waals surface area contributed by atoms with Gasteiger partial charge < -0.3 is 10.1 Å². The van der Waals surface area contributed by atoms with E-state index in [4.69, 9.17) is 4.74 Å². The maximum Gasteiger partial charge on any atom is 0.258 e. The van der Waals surface area contributed by atoms with Crippen molar-refractivity contribution in [3.63, 3.8) is 0 Å². The van der Waals surface area contributed by atoms with Crippen LogP contribution in [-0.4, -0.2) is 27.5 Å². The van der Waals surface area contributed by atoms with Crippen molar-refractivity contribution in [1.82, 2.24) is 10.0 Å². The number of benzene rings is 2. The molecule has 0 aliphatic rings. The second-order valence-corrected chi connectivity index (χ2v) is 9.01. The minimum atomic E-state index is -3.51. The predicted octanol–water partition coefficient (Wildman–Crippen LogP) is 3.56. The van der Waals surface area contributed by atoms with E-state index in [-0.39, 0.29) is 23.5 Å². The molecule has 0 radical (unpaired) electrons. The predicted molar refractivity (Wildman–Crippen MR) is 115 cm³/mol. The molecule has 158 valence electrons. The van der Waals surface area contributed by atoms with Crippen molar-refractivity contribution >= 4 is 15.9 Å². The highest BCUT2D eigenvalue weighted by Crippen LogP contribution is 2.22. The van der Waals surface area contributed by atoms with E-state index >= 15 is 0 Å². The molecule has 29 heavy (non-hydrogen) atoms. The average molecular weight is 419 g/mol. The molecule has 0 bridgehead atoms. The summed E-state index contributed by atoms with van der Waals surface area (Å²) in [6.07, 6.45) is 0.718. The van der Waals surface area contributed by atoms with Crippen LogP contribution in [0.2, 0.25) is 0 Å². The van der Waals surface area contributed by atoms with Gasteiger partial charge in [0.2, 0.25) is 10.0 Å². The standard InChI is InChI=1S/C22H30N2O4S/c1-6-11-23-29(26,27)20-9-7-19(8-10-20)28-14-22(25)24-18(5)21-13-16(3)15(2)12-17(21)4/h7-10,12-13,18,23H,6,11,14H2,1-5H3,(H,24,25). The van der Waals surface area contributed by atoms with Gasteiger partial charge in [0.15, 0.2) is 6.61 Å². The molecule has 2 N–H and O–H groups in total. The third-order valence-electron chi connectivity index (χ3n) is 4.77. The second-order valence-electron chi connectivity index (χ2n) is 7.24. The van der Waals surface area contributed by atoms with Crippen LogP contribution >= 0.6 is 0 Å². The minimum Gasteiger partial charge on any atom is -0.484 e. The third-order valence-corrected chi connectivity index (χ3v) is 6.25. The fraction of sp³-hybridized carbons (Fsp3) is 0.409. The molecule has 0 saturated carbocycles. The number of aryl methyl sites for hydroxylation is 3. The Morgan fingerprint density at radius 3 is 2.28 bits per heavy atom. The molecular formula is C22H30N2O4S. The Bertz CT molecular complexity index is 954. The van der Waals surface area contributed by atoms with E-state index in [1.165, 1.54) is 23.3 Å². The summed E-state index contributed by atoms with van der Waals surface area (Å²) in [6.45, 7) is 10.2. The summed E-state index contributed by atoms with van der Waals surface area (Å²) in [7, 11) is -3.51. The average Bonchev–Trinajstić information content (AvgIpc) is 2.68. The zero-order valence-electron chi connectivity index (χ0n) is 17.7. The molecule has 0 spiro atoms. The lowest BCUT2D eigenvalue weighted by molar-refractivity contribution is -0.123. The van der Waals surface area contributed by atoms with Crippen molar-refractivity contribution < 1.29 is 17.9 Å². The van der Waals surface area contributed by atoms with Crippen molar-refractivity contribution in [3.05, 3.63) is 58.7 Å².